The van der Waals surface area contributed by atoms with E-state index in [4.69, 9.17) is 9.47 Å². The molecule has 116 valence electrons. The van der Waals surface area contributed by atoms with Crippen molar-refractivity contribution in [2.24, 2.45) is 0 Å². The van der Waals surface area contributed by atoms with Crippen LogP contribution in [-0.4, -0.2) is 19.0 Å². The van der Waals surface area contributed by atoms with Gasteiger partial charge in [0.1, 0.15) is 30.5 Å². The third kappa shape index (κ3) is 4.07. The van der Waals surface area contributed by atoms with Crippen molar-refractivity contribution in [3.8, 4) is 11.5 Å². The molecule has 0 spiro atoms. The molecule has 0 radical (unpaired) electrons. The Morgan fingerprint density at radius 2 is 1.68 bits per heavy atom. The third-order valence-electron chi connectivity index (χ3n) is 3.26. The van der Waals surface area contributed by atoms with Crippen molar-refractivity contribution in [3.63, 3.8) is 0 Å². The molecule has 0 heterocycles. The zero-order chi connectivity index (χ0) is 16.1. The Hall–Kier alpha value is -2.36. The van der Waals surface area contributed by atoms with E-state index >= 15 is 0 Å². The molecule has 2 aromatic carbocycles. The van der Waals surface area contributed by atoms with Crippen LogP contribution in [0.5, 0.6) is 11.5 Å². The second-order valence-electron chi connectivity index (χ2n) is 5.16. The molecule has 3 nitrogen and oxygen atoms in total. The molecular weight excluding hydrogens is 283 g/mol. The summed E-state index contributed by atoms with van der Waals surface area (Å²) in [6.45, 7) is 5.98. The first-order chi connectivity index (χ1) is 10.5. The molecule has 0 aliphatic heterocycles. The Morgan fingerprint density at radius 3 is 2.36 bits per heavy atom. The number of hydrogen-bond donors (Lipinski definition) is 0. The summed E-state index contributed by atoms with van der Waals surface area (Å²) in [5, 5.41) is 0. The number of aryl methyl sites for hydroxylation is 2. The van der Waals surface area contributed by atoms with Gasteiger partial charge in [-0.2, -0.15) is 0 Å². The number of halogens is 1. The normalized spacial score (nSPS) is 10.4. The van der Waals surface area contributed by atoms with Crippen molar-refractivity contribution in [1.82, 2.24) is 0 Å². The highest BCUT2D eigenvalue weighted by atomic mass is 19.1. The number of carbonyl (C=O) groups excluding carboxylic acids is 1. The van der Waals surface area contributed by atoms with Crippen LogP contribution in [0.4, 0.5) is 4.39 Å². The van der Waals surface area contributed by atoms with E-state index in [1.165, 1.54) is 25.1 Å². The molecule has 0 aliphatic carbocycles. The summed E-state index contributed by atoms with van der Waals surface area (Å²) in [7, 11) is 0. The van der Waals surface area contributed by atoms with E-state index in [0.29, 0.717) is 12.4 Å². The predicted octanol–water partition coefficient (Wildman–Crippen LogP) is 4.10. The average molecular weight is 302 g/mol. The van der Waals surface area contributed by atoms with Crippen LogP contribution in [-0.2, 0) is 0 Å². The lowest BCUT2D eigenvalue weighted by atomic mass is 10.1. The van der Waals surface area contributed by atoms with Gasteiger partial charge in [0.05, 0.1) is 5.56 Å². The van der Waals surface area contributed by atoms with Crippen LogP contribution in [0.25, 0.3) is 0 Å². The second kappa shape index (κ2) is 7.07. The summed E-state index contributed by atoms with van der Waals surface area (Å²) < 4.78 is 24.4. The quantitative estimate of drug-likeness (QED) is 0.595. The summed E-state index contributed by atoms with van der Waals surface area (Å²) in [6.07, 6.45) is 0. The molecule has 0 bridgehead atoms. The number of ether oxygens (including phenoxy) is 2. The summed E-state index contributed by atoms with van der Waals surface area (Å²) in [5.41, 5.74) is 2.42. The molecular formula is C18H19FO3. The lowest BCUT2D eigenvalue weighted by molar-refractivity contribution is 0.101. The molecule has 0 atom stereocenters. The summed E-state index contributed by atoms with van der Waals surface area (Å²) in [6, 6.07) is 9.91. The van der Waals surface area contributed by atoms with Gasteiger partial charge in [0, 0.05) is 0 Å². The minimum absolute atomic E-state index is 0.232. The maximum Gasteiger partial charge on any atom is 0.163 e. The minimum atomic E-state index is -0.454. The number of hydrogen-bond acceptors (Lipinski definition) is 3. The maximum absolute atomic E-state index is 13.2. The second-order valence-corrected chi connectivity index (χ2v) is 5.16. The first-order valence-electron chi connectivity index (χ1n) is 7.10. The fourth-order valence-corrected chi connectivity index (χ4v) is 2.07. The van der Waals surface area contributed by atoms with Crippen molar-refractivity contribution in [2.75, 3.05) is 13.2 Å². The fourth-order valence-electron chi connectivity index (χ4n) is 2.07. The van der Waals surface area contributed by atoms with Gasteiger partial charge in [0.15, 0.2) is 5.78 Å². The Morgan fingerprint density at radius 1 is 1.00 bits per heavy atom. The number of carbonyl (C=O) groups is 1. The summed E-state index contributed by atoms with van der Waals surface area (Å²) >= 11 is 0. The fraction of sp³-hybridized carbons (Fsp3) is 0.278. The zero-order valence-electron chi connectivity index (χ0n) is 13.0. The topological polar surface area (TPSA) is 35.5 Å². The molecule has 0 aliphatic rings. The van der Waals surface area contributed by atoms with Crippen LogP contribution in [0, 0.1) is 19.7 Å². The molecule has 22 heavy (non-hydrogen) atoms. The van der Waals surface area contributed by atoms with Gasteiger partial charge in [-0.05, 0) is 56.2 Å². The van der Waals surface area contributed by atoms with Gasteiger partial charge >= 0.3 is 0 Å². The van der Waals surface area contributed by atoms with Crippen LogP contribution in [0.15, 0.2) is 36.4 Å². The predicted molar refractivity (Wildman–Crippen MR) is 83.3 cm³/mol. The number of rotatable bonds is 6. The van der Waals surface area contributed by atoms with Gasteiger partial charge < -0.3 is 9.47 Å². The molecule has 0 fully saturated rings. The highest BCUT2D eigenvalue weighted by molar-refractivity contribution is 5.96. The SMILES string of the molecule is CC(=O)c1cc(F)ccc1OCCOc1cc(C)ccc1C. The van der Waals surface area contributed by atoms with Gasteiger partial charge in [0.2, 0.25) is 0 Å². The molecule has 0 amide bonds. The number of benzene rings is 2. The van der Waals surface area contributed by atoms with Crippen molar-refractivity contribution < 1.29 is 18.7 Å². The Balaban J connectivity index is 1.94. The molecule has 0 saturated heterocycles. The molecule has 4 heteroatoms. The van der Waals surface area contributed by atoms with Gasteiger partial charge in [-0.15, -0.1) is 0 Å². The van der Waals surface area contributed by atoms with E-state index in [1.807, 2.05) is 32.0 Å². The Bertz CT molecular complexity index is 680. The van der Waals surface area contributed by atoms with Gasteiger partial charge in [-0.25, -0.2) is 4.39 Å². The number of ketones is 1. The van der Waals surface area contributed by atoms with Crippen molar-refractivity contribution in [1.29, 1.82) is 0 Å². The van der Waals surface area contributed by atoms with Crippen LogP contribution in [0.2, 0.25) is 0 Å². The van der Waals surface area contributed by atoms with Gasteiger partial charge in [-0.3, -0.25) is 4.79 Å². The van der Waals surface area contributed by atoms with Crippen LogP contribution < -0.4 is 9.47 Å². The minimum Gasteiger partial charge on any atom is -0.490 e. The molecule has 2 rings (SSSR count). The molecule has 0 aromatic heterocycles. The molecule has 0 unspecified atom stereocenters. The van der Waals surface area contributed by atoms with Gasteiger partial charge in [-0.1, -0.05) is 12.1 Å². The van der Waals surface area contributed by atoms with E-state index in [1.54, 1.807) is 0 Å². The van der Waals surface area contributed by atoms with E-state index in [-0.39, 0.29) is 18.0 Å². The van der Waals surface area contributed by atoms with E-state index in [2.05, 4.69) is 0 Å². The van der Waals surface area contributed by atoms with E-state index in [0.717, 1.165) is 16.9 Å². The smallest absolute Gasteiger partial charge is 0.163 e. The van der Waals surface area contributed by atoms with E-state index < -0.39 is 5.82 Å². The average Bonchev–Trinajstić information content (AvgIpc) is 2.48. The third-order valence-corrected chi connectivity index (χ3v) is 3.26. The molecule has 2 aromatic rings. The van der Waals surface area contributed by atoms with Crippen LogP contribution in [0.3, 0.4) is 0 Å². The standard InChI is InChI=1S/C18H19FO3/c1-12-4-5-13(2)18(10-12)22-9-8-21-17-7-6-15(19)11-16(17)14(3)20/h4-7,10-11H,8-9H2,1-3H3. The first kappa shape index (κ1) is 16.0. The van der Waals surface area contributed by atoms with Gasteiger partial charge in [0.25, 0.3) is 0 Å². The highest BCUT2D eigenvalue weighted by Crippen LogP contribution is 2.21. The summed E-state index contributed by atoms with van der Waals surface area (Å²) in [5.74, 6) is 0.502. The van der Waals surface area contributed by atoms with Crippen molar-refractivity contribution in [3.05, 3.63) is 58.9 Å². The van der Waals surface area contributed by atoms with Crippen molar-refractivity contribution in [2.45, 2.75) is 20.8 Å². The van der Waals surface area contributed by atoms with Crippen LogP contribution >= 0.6 is 0 Å². The monoisotopic (exact) mass is 302 g/mol. The highest BCUT2D eigenvalue weighted by Gasteiger charge is 2.10. The molecule has 0 saturated carbocycles. The largest absolute Gasteiger partial charge is 0.490 e. The summed E-state index contributed by atoms with van der Waals surface area (Å²) in [4.78, 5) is 11.5. The van der Waals surface area contributed by atoms with E-state index in [9.17, 15) is 9.18 Å². The lowest BCUT2D eigenvalue weighted by Gasteiger charge is -2.12. The zero-order valence-corrected chi connectivity index (χ0v) is 13.0. The lowest BCUT2D eigenvalue weighted by Crippen LogP contribution is -2.11. The molecule has 0 N–H and O–H groups in total. The Kier molecular flexibility index (Phi) is 5.15. The Labute approximate surface area is 129 Å². The number of Topliss-reactive ketones (excluding diaryl/α,β-unsaturated/α-hetero) is 1. The maximum atomic E-state index is 13.2. The van der Waals surface area contributed by atoms with Crippen molar-refractivity contribution >= 4 is 5.78 Å². The van der Waals surface area contributed by atoms with Crippen LogP contribution in [0.1, 0.15) is 28.4 Å². The first-order valence-corrected chi connectivity index (χ1v) is 7.10.